The molecule has 18 heavy (non-hydrogen) atoms. The molecule has 94 valence electrons. The van der Waals surface area contributed by atoms with Crippen LogP contribution in [0, 0.1) is 6.92 Å². The fourth-order valence-electron chi connectivity index (χ4n) is 2.03. The third kappa shape index (κ3) is 1.95. The number of fused-ring (bicyclic) bond motifs is 1. The van der Waals surface area contributed by atoms with Crippen LogP contribution < -0.4 is 10.2 Å². The van der Waals surface area contributed by atoms with Crippen molar-refractivity contribution in [3.8, 4) is 5.75 Å². The fraction of sp³-hybridized carbons (Fsp3) is 0.231. The van der Waals surface area contributed by atoms with Gasteiger partial charge >= 0.3 is 5.97 Å². The van der Waals surface area contributed by atoms with Crippen molar-refractivity contribution in [2.75, 3.05) is 7.11 Å². The molecule has 0 saturated heterocycles. The monoisotopic (exact) mass is 247 g/mol. The normalized spacial score (nSPS) is 10.6. The maximum atomic E-state index is 11.9. The van der Waals surface area contributed by atoms with Gasteiger partial charge in [0.05, 0.1) is 18.0 Å². The van der Waals surface area contributed by atoms with Crippen molar-refractivity contribution >= 4 is 16.9 Å². The summed E-state index contributed by atoms with van der Waals surface area (Å²) in [6.07, 6.45) is 1.47. The van der Waals surface area contributed by atoms with Gasteiger partial charge in [0, 0.05) is 12.3 Å². The zero-order valence-electron chi connectivity index (χ0n) is 10.1. The van der Waals surface area contributed by atoms with Crippen molar-refractivity contribution in [2.24, 2.45) is 0 Å². The van der Waals surface area contributed by atoms with E-state index in [1.54, 1.807) is 12.1 Å². The molecule has 5 heteroatoms. The molecule has 0 aliphatic rings. The van der Waals surface area contributed by atoms with Gasteiger partial charge in [0.1, 0.15) is 12.3 Å². The molecule has 5 nitrogen and oxygen atoms in total. The van der Waals surface area contributed by atoms with Crippen LogP contribution in [0.5, 0.6) is 5.75 Å². The molecule has 0 atom stereocenters. The van der Waals surface area contributed by atoms with Crippen LogP contribution in [0.1, 0.15) is 5.56 Å². The molecule has 1 N–H and O–H groups in total. The first-order valence-electron chi connectivity index (χ1n) is 5.43. The van der Waals surface area contributed by atoms with Crippen LogP contribution in [-0.4, -0.2) is 22.8 Å². The summed E-state index contributed by atoms with van der Waals surface area (Å²) < 4.78 is 6.71. The topological polar surface area (TPSA) is 68.5 Å². The Labute approximate surface area is 103 Å². The van der Waals surface area contributed by atoms with Crippen molar-refractivity contribution in [3.63, 3.8) is 0 Å². The lowest BCUT2D eigenvalue weighted by molar-refractivity contribution is -0.137. The van der Waals surface area contributed by atoms with Crippen LogP contribution >= 0.6 is 0 Å². The third-order valence-electron chi connectivity index (χ3n) is 2.81. The van der Waals surface area contributed by atoms with Gasteiger partial charge in [0.25, 0.3) is 0 Å². The van der Waals surface area contributed by atoms with Gasteiger partial charge in [-0.05, 0) is 18.6 Å². The second-order valence-corrected chi connectivity index (χ2v) is 4.01. The maximum Gasteiger partial charge on any atom is 0.323 e. The Morgan fingerprint density at radius 2 is 2.11 bits per heavy atom. The van der Waals surface area contributed by atoms with Gasteiger partial charge in [-0.1, -0.05) is 6.07 Å². The molecule has 0 fully saturated rings. The third-order valence-corrected chi connectivity index (χ3v) is 2.81. The SMILES string of the molecule is COc1ccc(C)c2c(=O)ccn(CC(=O)O)c12. The number of carboxylic acids is 1. The van der Waals surface area contributed by atoms with Crippen molar-refractivity contribution in [2.45, 2.75) is 13.5 Å². The highest BCUT2D eigenvalue weighted by atomic mass is 16.5. The summed E-state index contributed by atoms with van der Waals surface area (Å²) in [5, 5.41) is 9.39. The molecule has 1 aromatic heterocycles. The van der Waals surface area contributed by atoms with E-state index in [1.165, 1.54) is 23.9 Å². The highest BCUT2D eigenvalue weighted by Gasteiger charge is 2.12. The lowest BCUT2D eigenvalue weighted by Gasteiger charge is -2.13. The molecule has 1 aromatic carbocycles. The molecule has 0 bridgehead atoms. The number of methoxy groups -OCH3 is 1. The summed E-state index contributed by atoms with van der Waals surface area (Å²) in [5.41, 5.74) is 1.19. The van der Waals surface area contributed by atoms with Crippen LogP contribution in [0.2, 0.25) is 0 Å². The quantitative estimate of drug-likeness (QED) is 0.890. The minimum absolute atomic E-state index is 0.136. The Morgan fingerprint density at radius 1 is 1.39 bits per heavy atom. The van der Waals surface area contributed by atoms with E-state index in [-0.39, 0.29) is 12.0 Å². The molecule has 0 unspecified atom stereocenters. The number of rotatable bonds is 3. The minimum Gasteiger partial charge on any atom is -0.495 e. The van der Waals surface area contributed by atoms with Gasteiger partial charge in [-0.25, -0.2) is 0 Å². The largest absolute Gasteiger partial charge is 0.495 e. The Balaban J connectivity index is 2.89. The minimum atomic E-state index is -0.969. The summed E-state index contributed by atoms with van der Waals surface area (Å²) in [4.78, 5) is 22.7. The van der Waals surface area contributed by atoms with E-state index in [2.05, 4.69) is 0 Å². The van der Waals surface area contributed by atoms with E-state index in [0.717, 1.165) is 5.56 Å². The molecule has 0 aliphatic carbocycles. The van der Waals surface area contributed by atoms with Crippen LogP contribution in [0.4, 0.5) is 0 Å². The number of aryl methyl sites for hydroxylation is 1. The zero-order valence-corrected chi connectivity index (χ0v) is 10.1. The first kappa shape index (κ1) is 12.2. The molecule has 0 aliphatic heterocycles. The Hall–Kier alpha value is -2.30. The number of aromatic nitrogens is 1. The molecule has 0 saturated carbocycles. The van der Waals surface area contributed by atoms with Crippen LogP contribution in [-0.2, 0) is 11.3 Å². The fourth-order valence-corrected chi connectivity index (χ4v) is 2.03. The van der Waals surface area contributed by atoms with Gasteiger partial charge in [-0.2, -0.15) is 0 Å². The van der Waals surface area contributed by atoms with Gasteiger partial charge in [0.15, 0.2) is 5.43 Å². The van der Waals surface area contributed by atoms with Gasteiger partial charge in [0.2, 0.25) is 0 Å². The standard InChI is InChI=1S/C13H13NO4/c1-8-3-4-10(18-2)13-12(8)9(15)5-6-14(13)7-11(16)17/h3-6H,7H2,1-2H3,(H,16,17). The Kier molecular flexibility index (Phi) is 3.06. The summed E-state index contributed by atoms with van der Waals surface area (Å²) in [7, 11) is 1.49. The lowest BCUT2D eigenvalue weighted by Crippen LogP contribution is -2.14. The van der Waals surface area contributed by atoms with Crippen molar-refractivity contribution in [1.29, 1.82) is 0 Å². The average Bonchev–Trinajstić information content (AvgIpc) is 2.32. The number of carboxylic acid groups (broad SMARTS) is 1. The first-order chi connectivity index (χ1) is 8.54. The summed E-state index contributed by atoms with van der Waals surface area (Å²) in [6, 6.07) is 4.89. The molecule has 2 aromatic rings. The predicted octanol–water partition coefficient (Wildman–Crippen LogP) is 1.40. The highest BCUT2D eigenvalue weighted by molar-refractivity contribution is 5.88. The number of pyridine rings is 1. The van der Waals surface area contributed by atoms with Crippen molar-refractivity contribution < 1.29 is 14.6 Å². The van der Waals surface area contributed by atoms with Gasteiger partial charge < -0.3 is 14.4 Å². The van der Waals surface area contributed by atoms with Crippen LogP contribution in [0.3, 0.4) is 0 Å². The number of carbonyl (C=O) groups is 1. The number of ether oxygens (including phenoxy) is 1. The number of benzene rings is 1. The first-order valence-corrected chi connectivity index (χ1v) is 5.43. The van der Waals surface area contributed by atoms with Gasteiger partial charge in [-0.15, -0.1) is 0 Å². The number of nitrogens with zero attached hydrogens (tertiary/aromatic N) is 1. The summed E-state index contributed by atoms with van der Waals surface area (Å²) in [5.74, 6) is -0.474. The van der Waals surface area contributed by atoms with Crippen LogP contribution in [0.15, 0.2) is 29.2 Å². The van der Waals surface area contributed by atoms with Crippen molar-refractivity contribution in [1.82, 2.24) is 4.57 Å². The highest BCUT2D eigenvalue weighted by Crippen LogP contribution is 2.25. The Morgan fingerprint density at radius 3 is 2.72 bits per heavy atom. The van der Waals surface area contributed by atoms with E-state index >= 15 is 0 Å². The number of aliphatic carboxylic acids is 1. The number of hydrogen-bond acceptors (Lipinski definition) is 3. The van der Waals surface area contributed by atoms with E-state index in [1.807, 2.05) is 6.92 Å². The molecule has 0 spiro atoms. The smallest absolute Gasteiger partial charge is 0.323 e. The van der Waals surface area contributed by atoms with E-state index in [0.29, 0.717) is 16.7 Å². The molecule has 0 radical (unpaired) electrons. The maximum absolute atomic E-state index is 11.9. The molecule has 0 amide bonds. The van der Waals surface area contributed by atoms with Gasteiger partial charge in [-0.3, -0.25) is 9.59 Å². The molecule has 1 heterocycles. The van der Waals surface area contributed by atoms with E-state index in [4.69, 9.17) is 9.84 Å². The van der Waals surface area contributed by atoms with E-state index in [9.17, 15) is 9.59 Å². The number of hydrogen-bond donors (Lipinski definition) is 1. The Bertz CT molecular complexity index is 672. The lowest BCUT2D eigenvalue weighted by atomic mass is 10.1. The molecule has 2 rings (SSSR count). The molecular formula is C13H13NO4. The van der Waals surface area contributed by atoms with Crippen LogP contribution in [0.25, 0.3) is 10.9 Å². The molecular weight excluding hydrogens is 234 g/mol. The average molecular weight is 247 g/mol. The van der Waals surface area contributed by atoms with E-state index < -0.39 is 5.97 Å². The summed E-state index contributed by atoms with van der Waals surface area (Å²) >= 11 is 0. The second kappa shape index (κ2) is 4.52. The summed E-state index contributed by atoms with van der Waals surface area (Å²) in [6.45, 7) is 1.60. The predicted molar refractivity (Wildman–Crippen MR) is 67.1 cm³/mol. The van der Waals surface area contributed by atoms with Crippen molar-refractivity contribution in [3.05, 3.63) is 40.2 Å². The second-order valence-electron chi connectivity index (χ2n) is 4.01. The zero-order chi connectivity index (χ0) is 13.3.